The van der Waals surface area contributed by atoms with E-state index in [-0.39, 0.29) is 37.5 Å². The summed E-state index contributed by atoms with van der Waals surface area (Å²) < 4.78 is 16.9. The minimum atomic E-state index is -0.811. The van der Waals surface area contributed by atoms with E-state index in [1.807, 2.05) is 0 Å². The summed E-state index contributed by atoms with van der Waals surface area (Å²) in [5, 5.41) is 0. The summed E-state index contributed by atoms with van der Waals surface area (Å²) in [4.78, 5) is 38.4. The molecule has 0 saturated carbocycles. The molecule has 0 spiro atoms. The number of allylic oxidation sites excluding steroid dienone is 22. The van der Waals surface area contributed by atoms with Crippen LogP contribution in [0.25, 0.3) is 0 Å². The first-order chi connectivity index (χ1) is 40.5. The van der Waals surface area contributed by atoms with Crippen molar-refractivity contribution in [3.8, 4) is 0 Å². The molecule has 0 heterocycles. The molecular formula is C76H126O6. The maximum Gasteiger partial charge on any atom is 0.306 e. The van der Waals surface area contributed by atoms with Crippen molar-refractivity contribution in [2.45, 2.75) is 316 Å². The summed E-state index contributed by atoms with van der Waals surface area (Å²) in [6.45, 7) is 6.49. The highest BCUT2D eigenvalue weighted by Gasteiger charge is 2.19. The first kappa shape index (κ1) is 77.5. The molecule has 0 aliphatic heterocycles. The molecule has 0 radical (unpaired) electrons. The van der Waals surface area contributed by atoms with E-state index in [0.717, 1.165) is 103 Å². The number of unbranched alkanes of at least 4 members (excludes halogenated alkanes) is 28. The minimum absolute atomic E-state index is 0.102. The average molecular weight is 1140 g/mol. The van der Waals surface area contributed by atoms with Crippen molar-refractivity contribution in [2.24, 2.45) is 0 Å². The third kappa shape index (κ3) is 66.4. The second-order valence-electron chi connectivity index (χ2n) is 22.3. The molecule has 6 nitrogen and oxygen atoms in total. The van der Waals surface area contributed by atoms with Crippen LogP contribution in [0.1, 0.15) is 310 Å². The van der Waals surface area contributed by atoms with Crippen molar-refractivity contribution in [1.29, 1.82) is 0 Å². The molecular weight excluding hydrogens is 1010 g/mol. The topological polar surface area (TPSA) is 78.9 Å². The number of hydrogen-bond acceptors (Lipinski definition) is 6. The molecule has 466 valence electrons. The molecule has 0 amide bonds. The molecule has 6 heteroatoms. The lowest BCUT2D eigenvalue weighted by Gasteiger charge is -2.18. The predicted molar refractivity (Wildman–Crippen MR) is 357 cm³/mol. The predicted octanol–water partition coefficient (Wildman–Crippen LogP) is 23.7. The smallest absolute Gasteiger partial charge is 0.306 e. The second-order valence-corrected chi connectivity index (χ2v) is 22.3. The highest BCUT2D eigenvalue weighted by Crippen LogP contribution is 2.15. The van der Waals surface area contributed by atoms with E-state index in [9.17, 15) is 14.4 Å². The van der Waals surface area contributed by atoms with Gasteiger partial charge in [0.25, 0.3) is 0 Å². The summed E-state index contributed by atoms with van der Waals surface area (Å²) in [6.07, 6.45) is 97.5. The summed E-state index contributed by atoms with van der Waals surface area (Å²) in [5.41, 5.74) is 0. The Bertz CT molecular complexity index is 1730. The molecule has 82 heavy (non-hydrogen) atoms. The Morgan fingerprint density at radius 3 is 0.805 bits per heavy atom. The standard InChI is InChI=1S/C76H126O6/c1-4-7-10-13-16-19-22-25-28-31-33-34-35-36-37-38-39-40-41-42-43-46-48-51-54-57-60-63-66-69-75(78)81-72-73(71-80-74(77)68-65-62-59-56-53-50-47-44-30-27-24-21-18-15-12-9-6-3)82-76(79)70-67-64-61-58-55-52-49-45-32-29-26-23-20-17-14-11-8-5-2/h7,10,16,19,25,27-30,32-34,36-37,39-40,42-43,48,51,57,60,73H,4-6,8-9,11-15,17-18,20-24,26,31,35,38,41,44-47,49-50,52-56,58-59,61-72H2,1-3H3/b10-7-,19-16-,28-25-,30-27-,32-29-,34-33-,37-36-,40-39-,43-42-,51-48-,60-57-. The number of rotatable bonds is 61. The highest BCUT2D eigenvalue weighted by atomic mass is 16.6. The van der Waals surface area contributed by atoms with Gasteiger partial charge in [0.1, 0.15) is 13.2 Å². The first-order valence-corrected chi connectivity index (χ1v) is 34.2. The van der Waals surface area contributed by atoms with Crippen LogP contribution in [0.2, 0.25) is 0 Å². The van der Waals surface area contributed by atoms with Crippen molar-refractivity contribution in [2.75, 3.05) is 13.2 Å². The fourth-order valence-electron chi connectivity index (χ4n) is 9.26. The van der Waals surface area contributed by atoms with E-state index >= 15 is 0 Å². The number of ether oxygens (including phenoxy) is 3. The monoisotopic (exact) mass is 1130 g/mol. The Labute approximate surface area is 506 Å². The normalized spacial score (nSPS) is 13.0. The van der Waals surface area contributed by atoms with Gasteiger partial charge in [0.2, 0.25) is 0 Å². The van der Waals surface area contributed by atoms with Gasteiger partial charge in [-0.05, 0) is 135 Å². The number of esters is 3. The number of hydrogen-bond donors (Lipinski definition) is 0. The van der Waals surface area contributed by atoms with Crippen LogP contribution in [0.4, 0.5) is 0 Å². The summed E-state index contributed by atoms with van der Waals surface area (Å²) in [6, 6.07) is 0. The highest BCUT2D eigenvalue weighted by molar-refractivity contribution is 5.71. The van der Waals surface area contributed by atoms with E-state index in [1.165, 1.54) is 161 Å². The van der Waals surface area contributed by atoms with Crippen LogP contribution in [0.15, 0.2) is 134 Å². The zero-order valence-electron chi connectivity index (χ0n) is 53.5. The van der Waals surface area contributed by atoms with Gasteiger partial charge < -0.3 is 14.2 Å². The fraction of sp³-hybridized carbons (Fsp3) is 0.671. The van der Waals surface area contributed by atoms with Crippen LogP contribution >= 0.6 is 0 Å². The van der Waals surface area contributed by atoms with E-state index < -0.39 is 6.10 Å². The Kier molecular flexibility index (Phi) is 65.3. The maximum atomic E-state index is 12.9. The molecule has 0 fully saturated rings. The van der Waals surface area contributed by atoms with Crippen molar-refractivity contribution in [1.82, 2.24) is 0 Å². The molecule has 1 atom stereocenters. The first-order valence-electron chi connectivity index (χ1n) is 34.2. The molecule has 0 rings (SSSR count). The summed E-state index contributed by atoms with van der Waals surface area (Å²) in [5.74, 6) is -0.966. The fourth-order valence-corrected chi connectivity index (χ4v) is 9.26. The largest absolute Gasteiger partial charge is 0.462 e. The van der Waals surface area contributed by atoms with Crippen molar-refractivity contribution >= 4 is 17.9 Å². The SMILES string of the molecule is CC/C=C\C/C=C\C/C=C\C/C=C\C/C=C\C/C=C\C/C=C\C/C=C\C/C=C\CCCC(=O)OCC(COC(=O)CCCCCCCCC/C=C\CCCCCCCC)OC(=O)CCCCCCCCC/C=C\CCCCCCCCC. The van der Waals surface area contributed by atoms with E-state index in [0.29, 0.717) is 19.3 Å². The van der Waals surface area contributed by atoms with E-state index in [2.05, 4.69) is 154 Å². The van der Waals surface area contributed by atoms with Gasteiger partial charge >= 0.3 is 17.9 Å². The Hall–Kier alpha value is -4.45. The van der Waals surface area contributed by atoms with Crippen molar-refractivity contribution in [3.05, 3.63) is 134 Å². The van der Waals surface area contributed by atoms with Crippen LogP contribution in [-0.4, -0.2) is 37.2 Å². The third-order valence-electron chi connectivity index (χ3n) is 14.4. The molecule has 0 aromatic heterocycles. The van der Waals surface area contributed by atoms with Gasteiger partial charge in [-0.2, -0.15) is 0 Å². The molecule has 1 unspecified atom stereocenters. The lowest BCUT2D eigenvalue weighted by atomic mass is 10.1. The Morgan fingerprint density at radius 2 is 0.488 bits per heavy atom. The van der Waals surface area contributed by atoms with Gasteiger partial charge in [-0.25, -0.2) is 0 Å². The molecule has 0 aromatic rings. The molecule has 0 bridgehead atoms. The minimum Gasteiger partial charge on any atom is -0.462 e. The number of carbonyl (C=O) groups is 3. The maximum absolute atomic E-state index is 12.9. The van der Waals surface area contributed by atoms with Crippen molar-refractivity contribution < 1.29 is 28.6 Å². The zero-order chi connectivity index (χ0) is 59.2. The van der Waals surface area contributed by atoms with Gasteiger partial charge in [0.15, 0.2) is 6.10 Å². The van der Waals surface area contributed by atoms with Crippen LogP contribution in [0.3, 0.4) is 0 Å². The molecule has 0 aliphatic carbocycles. The third-order valence-corrected chi connectivity index (χ3v) is 14.4. The van der Waals surface area contributed by atoms with Crippen molar-refractivity contribution in [3.63, 3.8) is 0 Å². The van der Waals surface area contributed by atoms with Gasteiger partial charge in [-0.3, -0.25) is 14.4 Å². The zero-order valence-corrected chi connectivity index (χ0v) is 53.5. The van der Waals surface area contributed by atoms with Crippen LogP contribution in [0, 0.1) is 0 Å². The van der Waals surface area contributed by atoms with Gasteiger partial charge in [-0.1, -0.05) is 289 Å². The van der Waals surface area contributed by atoms with Gasteiger partial charge in [0, 0.05) is 19.3 Å². The summed E-state index contributed by atoms with van der Waals surface area (Å²) >= 11 is 0. The van der Waals surface area contributed by atoms with Gasteiger partial charge in [0.05, 0.1) is 0 Å². The number of carbonyl (C=O) groups excluding carboxylic acids is 3. The quantitative estimate of drug-likeness (QED) is 0.0261. The molecule has 0 N–H and O–H groups in total. The van der Waals surface area contributed by atoms with E-state index in [1.54, 1.807) is 0 Å². The average Bonchev–Trinajstić information content (AvgIpc) is 3.47. The Morgan fingerprint density at radius 1 is 0.256 bits per heavy atom. The van der Waals surface area contributed by atoms with Crippen LogP contribution in [0.5, 0.6) is 0 Å². The summed E-state index contributed by atoms with van der Waals surface area (Å²) in [7, 11) is 0. The van der Waals surface area contributed by atoms with Crippen LogP contribution < -0.4 is 0 Å². The van der Waals surface area contributed by atoms with E-state index in [4.69, 9.17) is 14.2 Å². The molecule has 0 aromatic carbocycles. The second kappa shape index (κ2) is 69.0. The molecule has 0 saturated heterocycles. The van der Waals surface area contributed by atoms with Crippen LogP contribution in [-0.2, 0) is 28.6 Å². The lowest BCUT2D eigenvalue weighted by Crippen LogP contribution is -2.30. The Balaban J connectivity index is 4.48. The van der Waals surface area contributed by atoms with Gasteiger partial charge in [-0.15, -0.1) is 0 Å². The lowest BCUT2D eigenvalue weighted by molar-refractivity contribution is -0.167. The molecule has 0 aliphatic rings.